The summed E-state index contributed by atoms with van der Waals surface area (Å²) in [6, 6.07) is 8.49. The van der Waals surface area contributed by atoms with Gasteiger partial charge in [-0.25, -0.2) is 0 Å². The van der Waals surface area contributed by atoms with Crippen molar-refractivity contribution >= 4 is 39.3 Å². The van der Waals surface area contributed by atoms with Crippen LogP contribution in [0.3, 0.4) is 0 Å². The lowest BCUT2D eigenvalue weighted by atomic mass is 9.78. The van der Waals surface area contributed by atoms with Gasteiger partial charge in [0, 0.05) is 44.7 Å². The highest BCUT2D eigenvalue weighted by Crippen LogP contribution is 2.56. The van der Waals surface area contributed by atoms with Crippen LogP contribution in [-0.4, -0.2) is 76.5 Å². The Labute approximate surface area is 216 Å². The topological polar surface area (TPSA) is 77.0 Å². The van der Waals surface area contributed by atoms with Crippen LogP contribution in [0.1, 0.15) is 38.5 Å². The molecule has 3 heterocycles. The molecule has 0 unspecified atom stereocenters. The average molecular weight is 509 g/mol. The number of piperazine rings is 1. The lowest BCUT2D eigenvalue weighted by molar-refractivity contribution is -0.142. The number of hydrogen-bond donors (Lipinski definition) is 1. The van der Waals surface area contributed by atoms with Gasteiger partial charge < -0.3 is 10.0 Å². The summed E-state index contributed by atoms with van der Waals surface area (Å²) in [5, 5.41) is 11.6. The second-order valence-corrected chi connectivity index (χ2v) is 12.7. The summed E-state index contributed by atoms with van der Waals surface area (Å²) >= 11 is 1.58. The molecule has 2 saturated heterocycles. The summed E-state index contributed by atoms with van der Waals surface area (Å²) in [6.45, 7) is 5.69. The maximum atomic E-state index is 13.3. The van der Waals surface area contributed by atoms with Crippen LogP contribution in [0, 0.1) is 35.5 Å². The predicted octanol–water partition coefficient (Wildman–Crippen LogP) is 3.23. The maximum absolute atomic E-state index is 13.3. The molecule has 8 heteroatoms. The zero-order valence-electron chi connectivity index (χ0n) is 20.8. The molecular weight excluding hydrogens is 472 g/mol. The predicted molar refractivity (Wildman–Crippen MR) is 140 cm³/mol. The Morgan fingerprint density at radius 2 is 1.64 bits per heavy atom. The molecule has 5 fully saturated rings. The van der Waals surface area contributed by atoms with Crippen molar-refractivity contribution in [1.82, 2.24) is 14.2 Å². The zero-order valence-corrected chi connectivity index (χ0v) is 21.6. The first-order chi connectivity index (χ1) is 17.6. The van der Waals surface area contributed by atoms with Gasteiger partial charge in [-0.05, 0) is 73.0 Å². The maximum Gasteiger partial charge on any atom is 0.233 e. The highest BCUT2D eigenvalue weighted by atomic mass is 32.1. The SMILES string of the molecule is O=C1[C@@H]2[C@@H]3C[C@@H](C[C@H]3O)[C@@H]2C(=O)N1C[C@@H]1CCCC[C@H]1CN1CCN(c2nsc3ccccc23)CC1. The van der Waals surface area contributed by atoms with Crippen LogP contribution in [0.2, 0.25) is 0 Å². The van der Waals surface area contributed by atoms with Crippen LogP contribution in [0.15, 0.2) is 24.3 Å². The van der Waals surface area contributed by atoms with Crippen LogP contribution in [0.25, 0.3) is 10.1 Å². The molecule has 1 aromatic carbocycles. The summed E-state index contributed by atoms with van der Waals surface area (Å²) in [5.41, 5.74) is 0. The van der Waals surface area contributed by atoms with E-state index in [1.807, 2.05) is 0 Å². The second kappa shape index (κ2) is 9.07. The number of carbonyl (C=O) groups is 2. The summed E-state index contributed by atoms with van der Waals surface area (Å²) in [5.74, 6) is 1.97. The van der Waals surface area contributed by atoms with E-state index in [-0.39, 0.29) is 35.5 Å². The number of aliphatic hydroxyl groups excluding tert-OH is 1. The number of likely N-dealkylation sites (tertiary alicyclic amines) is 1. The molecule has 2 amide bonds. The molecule has 3 saturated carbocycles. The molecule has 7 atom stereocenters. The average Bonchev–Trinajstić information content (AvgIpc) is 3.64. The van der Waals surface area contributed by atoms with Crippen molar-refractivity contribution in [2.24, 2.45) is 35.5 Å². The number of nitrogens with zero attached hydrogens (tertiary/aromatic N) is 4. The molecule has 2 aromatic rings. The van der Waals surface area contributed by atoms with Crippen molar-refractivity contribution in [3.05, 3.63) is 24.3 Å². The van der Waals surface area contributed by atoms with Crippen LogP contribution >= 0.6 is 11.5 Å². The van der Waals surface area contributed by atoms with Gasteiger partial charge in [-0.1, -0.05) is 25.0 Å². The number of anilines is 1. The molecule has 1 aromatic heterocycles. The number of carbonyl (C=O) groups excluding carboxylic acids is 2. The molecule has 3 aliphatic carbocycles. The van der Waals surface area contributed by atoms with Crippen molar-refractivity contribution in [3.63, 3.8) is 0 Å². The van der Waals surface area contributed by atoms with Crippen LogP contribution < -0.4 is 4.90 Å². The Balaban J connectivity index is 0.988. The minimum Gasteiger partial charge on any atom is -0.393 e. The quantitative estimate of drug-likeness (QED) is 0.625. The summed E-state index contributed by atoms with van der Waals surface area (Å²) in [4.78, 5) is 33.3. The Bertz CT molecular complexity index is 1160. The van der Waals surface area contributed by atoms with Gasteiger partial charge in [-0.15, -0.1) is 0 Å². The monoisotopic (exact) mass is 508 g/mol. The summed E-state index contributed by atoms with van der Waals surface area (Å²) in [7, 11) is 0. The van der Waals surface area contributed by atoms with E-state index in [0.29, 0.717) is 24.8 Å². The van der Waals surface area contributed by atoms with Gasteiger partial charge >= 0.3 is 0 Å². The fourth-order valence-electron chi connectivity index (χ4n) is 8.24. The molecule has 36 heavy (non-hydrogen) atoms. The summed E-state index contributed by atoms with van der Waals surface area (Å²) < 4.78 is 6.00. The van der Waals surface area contributed by atoms with Gasteiger partial charge in [-0.2, -0.15) is 4.37 Å². The van der Waals surface area contributed by atoms with Gasteiger partial charge in [0.15, 0.2) is 0 Å². The van der Waals surface area contributed by atoms with E-state index in [1.165, 1.54) is 29.3 Å². The van der Waals surface area contributed by atoms with E-state index < -0.39 is 6.10 Å². The van der Waals surface area contributed by atoms with E-state index in [4.69, 9.17) is 4.37 Å². The number of imide groups is 1. The largest absolute Gasteiger partial charge is 0.393 e. The number of hydrogen-bond acceptors (Lipinski definition) is 7. The van der Waals surface area contributed by atoms with Gasteiger partial charge in [0.05, 0.1) is 22.6 Å². The number of amides is 2. The Kier molecular flexibility index (Phi) is 5.82. The Morgan fingerprint density at radius 3 is 2.44 bits per heavy atom. The fraction of sp³-hybridized carbons (Fsp3) is 0.679. The number of benzene rings is 1. The zero-order chi connectivity index (χ0) is 24.4. The van der Waals surface area contributed by atoms with Crippen molar-refractivity contribution in [3.8, 4) is 0 Å². The number of rotatable bonds is 5. The molecular formula is C28H36N4O3S. The molecule has 192 valence electrons. The second-order valence-electron chi connectivity index (χ2n) is 11.9. The van der Waals surface area contributed by atoms with E-state index in [0.717, 1.165) is 51.4 Å². The molecule has 7 nitrogen and oxygen atoms in total. The lowest BCUT2D eigenvalue weighted by Gasteiger charge is -2.40. The highest BCUT2D eigenvalue weighted by molar-refractivity contribution is 7.13. The molecule has 2 bridgehead atoms. The molecule has 1 N–H and O–H groups in total. The van der Waals surface area contributed by atoms with Gasteiger partial charge in [-0.3, -0.25) is 19.4 Å². The molecule has 2 aliphatic heterocycles. The number of aromatic nitrogens is 1. The van der Waals surface area contributed by atoms with Crippen molar-refractivity contribution in [2.45, 2.75) is 44.6 Å². The molecule has 0 radical (unpaired) electrons. The van der Waals surface area contributed by atoms with Gasteiger partial charge in [0.2, 0.25) is 11.8 Å². The highest BCUT2D eigenvalue weighted by Gasteiger charge is 2.63. The van der Waals surface area contributed by atoms with Crippen LogP contribution in [0.4, 0.5) is 5.82 Å². The van der Waals surface area contributed by atoms with E-state index in [1.54, 1.807) is 16.4 Å². The first-order valence-electron chi connectivity index (χ1n) is 13.9. The third-order valence-corrected chi connectivity index (χ3v) is 10.9. The molecule has 7 rings (SSSR count). The Morgan fingerprint density at radius 1 is 0.917 bits per heavy atom. The smallest absolute Gasteiger partial charge is 0.233 e. The van der Waals surface area contributed by atoms with Crippen LogP contribution in [0.5, 0.6) is 0 Å². The van der Waals surface area contributed by atoms with E-state index in [2.05, 4.69) is 34.1 Å². The van der Waals surface area contributed by atoms with Crippen molar-refractivity contribution in [1.29, 1.82) is 0 Å². The Hall–Kier alpha value is -2.03. The minimum absolute atomic E-state index is 0.00901. The number of fused-ring (bicyclic) bond motifs is 6. The minimum atomic E-state index is -0.392. The van der Waals surface area contributed by atoms with Crippen molar-refractivity contribution < 1.29 is 14.7 Å². The molecule has 0 spiro atoms. The van der Waals surface area contributed by atoms with Gasteiger partial charge in [0.1, 0.15) is 5.82 Å². The fourth-order valence-corrected chi connectivity index (χ4v) is 9.04. The third kappa shape index (κ3) is 3.71. The number of aliphatic hydroxyl groups is 1. The van der Waals surface area contributed by atoms with Gasteiger partial charge in [0.25, 0.3) is 0 Å². The lowest BCUT2D eigenvalue weighted by Crippen LogP contribution is -2.49. The standard InChI is InChI=1S/C28H36N4O3S/c33-22-14-19-13-21(22)25-24(19)27(34)32(28(25)35)16-18-6-2-1-5-17(18)15-30-9-11-31(12-10-30)26-20-7-3-4-8-23(20)36-29-26/h3-4,7-8,17-19,21-22,24-25,33H,1-2,5-6,9-16H2/t17-,18-,19-,21+,22+,24-,25+/m0/s1. The van der Waals surface area contributed by atoms with E-state index in [9.17, 15) is 14.7 Å². The normalized spacial score (nSPS) is 36.9. The first kappa shape index (κ1) is 23.1. The summed E-state index contributed by atoms with van der Waals surface area (Å²) in [6.07, 6.45) is 5.90. The first-order valence-corrected chi connectivity index (χ1v) is 14.7. The van der Waals surface area contributed by atoms with Crippen molar-refractivity contribution in [2.75, 3.05) is 44.2 Å². The van der Waals surface area contributed by atoms with E-state index >= 15 is 0 Å². The van der Waals surface area contributed by atoms with Crippen LogP contribution in [-0.2, 0) is 9.59 Å². The third-order valence-electron chi connectivity index (χ3n) is 10.1. The molecule has 5 aliphatic rings.